The first-order chi connectivity index (χ1) is 13.7. The van der Waals surface area contributed by atoms with Crippen LogP contribution >= 0.6 is 0 Å². The van der Waals surface area contributed by atoms with E-state index in [-0.39, 0.29) is 18.0 Å². The SMILES string of the molecule is C=CC[NH+]1CC[NH+]([C@H](c2ccc(F)cc2)c2nnnn2C[C@H]2CCCO2)CC1. The molecule has 2 atom stereocenters. The number of quaternary nitrogens is 2. The molecular formula is C20H29FN6O+2. The summed E-state index contributed by atoms with van der Waals surface area (Å²) in [7, 11) is 0. The van der Waals surface area contributed by atoms with Crippen LogP contribution in [0.25, 0.3) is 0 Å². The third-order valence-electron chi connectivity index (χ3n) is 5.86. The number of ether oxygens (including phenoxy) is 1. The Morgan fingerprint density at radius 1 is 1.25 bits per heavy atom. The summed E-state index contributed by atoms with van der Waals surface area (Å²) in [6.45, 7) is 10.5. The Balaban J connectivity index is 1.60. The molecule has 0 bridgehead atoms. The number of halogens is 1. The van der Waals surface area contributed by atoms with Gasteiger partial charge in [0.2, 0.25) is 5.82 Å². The lowest BCUT2D eigenvalue weighted by atomic mass is 10.0. The smallest absolute Gasteiger partial charge is 0.214 e. The third-order valence-corrected chi connectivity index (χ3v) is 5.86. The number of piperazine rings is 1. The van der Waals surface area contributed by atoms with Crippen molar-refractivity contribution in [3.8, 4) is 0 Å². The number of nitrogens with zero attached hydrogens (tertiary/aromatic N) is 4. The van der Waals surface area contributed by atoms with Crippen molar-refractivity contribution in [1.82, 2.24) is 20.2 Å². The van der Waals surface area contributed by atoms with Gasteiger partial charge >= 0.3 is 0 Å². The van der Waals surface area contributed by atoms with E-state index in [0.717, 1.165) is 63.6 Å². The highest BCUT2D eigenvalue weighted by Crippen LogP contribution is 2.20. The summed E-state index contributed by atoms with van der Waals surface area (Å²) in [6, 6.07) is 6.76. The topological polar surface area (TPSA) is 61.7 Å². The van der Waals surface area contributed by atoms with Gasteiger partial charge < -0.3 is 14.5 Å². The molecule has 8 heteroatoms. The van der Waals surface area contributed by atoms with E-state index >= 15 is 0 Å². The van der Waals surface area contributed by atoms with Gasteiger partial charge in [0.25, 0.3) is 0 Å². The minimum absolute atomic E-state index is 0.0118. The maximum Gasteiger partial charge on any atom is 0.214 e. The minimum Gasteiger partial charge on any atom is -0.376 e. The molecule has 1 aromatic carbocycles. The molecule has 0 aliphatic carbocycles. The fraction of sp³-hybridized carbons (Fsp3) is 0.550. The van der Waals surface area contributed by atoms with Crippen LogP contribution in [-0.2, 0) is 11.3 Å². The summed E-state index contributed by atoms with van der Waals surface area (Å²) in [5.74, 6) is 0.612. The van der Waals surface area contributed by atoms with E-state index in [1.165, 1.54) is 17.0 Å². The summed E-state index contributed by atoms with van der Waals surface area (Å²) in [5, 5.41) is 12.6. The first kappa shape index (κ1) is 19.2. The van der Waals surface area contributed by atoms with Gasteiger partial charge in [-0.05, 0) is 53.6 Å². The maximum atomic E-state index is 13.5. The maximum absolute atomic E-state index is 13.5. The van der Waals surface area contributed by atoms with Gasteiger partial charge in [-0.3, -0.25) is 0 Å². The number of aromatic nitrogens is 4. The van der Waals surface area contributed by atoms with Crippen molar-refractivity contribution in [2.75, 3.05) is 39.3 Å². The van der Waals surface area contributed by atoms with Crippen LogP contribution in [0, 0.1) is 5.82 Å². The van der Waals surface area contributed by atoms with Gasteiger partial charge in [-0.15, -0.1) is 5.10 Å². The second-order valence-corrected chi connectivity index (χ2v) is 7.74. The molecule has 0 spiro atoms. The Labute approximate surface area is 164 Å². The lowest BCUT2D eigenvalue weighted by Gasteiger charge is -2.34. The Morgan fingerprint density at radius 2 is 2.04 bits per heavy atom. The first-order valence-corrected chi connectivity index (χ1v) is 10.2. The Kier molecular flexibility index (Phi) is 6.09. The summed E-state index contributed by atoms with van der Waals surface area (Å²) < 4.78 is 21.2. The van der Waals surface area contributed by atoms with Gasteiger partial charge in [-0.25, -0.2) is 9.07 Å². The monoisotopic (exact) mass is 388 g/mol. The van der Waals surface area contributed by atoms with Crippen molar-refractivity contribution in [3.63, 3.8) is 0 Å². The molecule has 4 rings (SSSR count). The normalized spacial score (nSPS) is 26.2. The lowest BCUT2D eigenvalue weighted by molar-refractivity contribution is -1.02. The molecule has 2 saturated heterocycles. The Hall–Kier alpha value is -2.16. The molecule has 0 unspecified atom stereocenters. The zero-order chi connectivity index (χ0) is 19.3. The van der Waals surface area contributed by atoms with Crippen LogP contribution in [0.5, 0.6) is 0 Å². The van der Waals surface area contributed by atoms with E-state index in [1.807, 2.05) is 22.9 Å². The molecular weight excluding hydrogens is 359 g/mol. The van der Waals surface area contributed by atoms with Crippen LogP contribution in [0.3, 0.4) is 0 Å². The summed E-state index contributed by atoms with van der Waals surface area (Å²) in [5.41, 5.74) is 1.05. The predicted octanol–water partition coefficient (Wildman–Crippen LogP) is -0.950. The minimum atomic E-state index is -0.225. The van der Waals surface area contributed by atoms with Gasteiger partial charge in [-0.1, -0.05) is 6.58 Å². The molecule has 3 heterocycles. The zero-order valence-corrected chi connectivity index (χ0v) is 16.2. The molecule has 2 aromatic rings. The van der Waals surface area contributed by atoms with Gasteiger partial charge in [-0.2, -0.15) is 0 Å². The van der Waals surface area contributed by atoms with E-state index in [1.54, 1.807) is 4.90 Å². The quantitative estimate of drug-likeness (QED) is 0.601. The van der Waals surface area contributed by atoms with Crippen LogP contribution in [-0.4, -0.2) is 65.6 Å². The van der Waals surface area contributed by atoms with Crippen LogP contribution < -0.4 is 9.80 Å². The molecule has 28 heavy (non-hydrogen) atoms. The molecule has 0 radical (unpaired) electrons. The molecule has 2 N–H and O–H groups in total. The largest absolute Gasteiger partial charge is 0.376 e. The van der Waals surface area contributed by atoms with Gasteiger partial charge in [0.1, 0.15) is 32.0 Å². The fourth-order valence-electron chi connectivity index (χ4n) is 4.37. The van der Waals surface area contributed by atoms with E-state index in [9.17, 15) is 4.39 Å². The highest BCUT2D eigenvalue weighted by Gasteiger charge is 2.35. The Morgan fingerprint density at radius 3 is 2.71 bits per heavy atom. The highest BCUT2D eigenvalue weighted by molar-refractivity contribution is 5.23. The van der Waals surface area contributed by atoms with Crippen LogP contribution in [0.4, 0.5) is 4.39 Å². The van der Waals surface area contributed by atoms with Gasteiger partial charge in [0, 0.05) is 12.2 Å². The number of rotatable bonds is 7. The third kappa shape index (κ3) is 4.29. The molecule has 0 saturated carbocycles. The summed E-state index contributed by atoms with van der Waals surface area (Å²) in [4.78, 5) is 2.97. The van der Waals surface area contributed by atoms with E-state index in [4.69, 9.17) is 4.74 Å². The molecule has 2 aliphatic rings. The molecule has 2 fully saturated rings. The average Bonchev–Trinajstić information content (AvgIpc) is 3.38. The van der Waals surface area contributed by atoms with Crippen molar-refractivity contribution in [3.05, 3.63) is 54.1 Å². The second kappa shape index (κ2) is 8.89. The summed E-state index contributed by atoms with van der Waals surface area (Å²) in [6.07, 6.45) is 4.28. The van der Waals surface area contributed by atoms with Crippen LogP contribution in [0.1, 0.15) is 30.3 Å². The fourth-order valence-corrected chi connectivity index (χ4v) is 4.37. The van der Waals surface area contributed by atoms with Gasteiger partial charge in [0.05, 0.1) is 19.2 Å². The standard InChI is InChI=1S/C20H27FN6O/c1-2-9-25-10-12-26(13-11-25)19(16-5-7-17(21)8-6-16)20-22-23-24-27(20)15-18-4-3-14-28-18/h2,5-8,18-19H,1,3-4,9-15H2/p+2/t18-,19-/m1/s1. The molecule has 150 valence electrons. The van der Waals surface area contributed by atoms with Crippen molar-refractivity contribution in [1.29, 1.82) is 0 Å². The number of nitrogens with one attached hydrogen (secondary N) is 2. The van der Waals surface area contributed by atoms with Crippen molar-refractivity contribution in [2.24, 2.45) is 0 Å². The Bertz CT molecular complexity index is 765. The lowest BCUT2D eigenvalue weighted by Crippen LogP contribution is -3.28. The van der Waals surface area contributed by atoms with Crippen molar-refractivity contribution >= 4 is 0 Å². The zero-order valence-electron chi connectivity index (χ0n) is 16.2. The molecule has 0 amide bonds. The van der Waals surface area contributed by atoms with Gasteiger partial charge in [0.15, 0.2) is 6.04 Å². The van der Waals surface area contributed by atoms with E-state index in [0.29, 0.717) is 6.54 Å². The van der Waals surface area contributed by atoms with E-state index < -0.39 is 0 Å². The molecule has 1 aromatic heterocycles. The predicted molar refractivity (Wildman–Crippen MR) is 101 cm³/mol. The average molecular weight is 388 g/mol. The van der Waals surface area contributed by atoms with Crippen molar-refractivity contribution in [2.45, 2.75) is 31.5 Å². The van der Waals surface area contributed by atoms with Crippen LogP contribution in [0.2, 0.25) is 0 Å². The van der Waals surface area contributed by atoms with Crippen LogP contribution in [0.15, 0.2) is 36.9 Å². The number of tetrazole rings is 1. The molecule has 7 nitrogen and oxygen atoms in total. The summed E-state index contributed by atoms with van der Waals surface area (Å²) >= 11 is 0. The number of benzene rings is 1. The molecule has 2 aliphatic heterocycles. The van der Waals surface area contributed by atoms with E-state index in [2.05, 4.69) is 22.1 Å². The highest BCUT2D eigenvalue weighted by atomic mass is 19.1. The number of hydrogen-bond donors (Lipinski definition) is 2. The second-order valence-electron chi connectivity index (χ2n) is 7.74. The first-order valence-electron chi connectivity index (χ1n) is 10.2. The number of hydrogen-bond acceptors (Lipinski definition) is 4. The van der Waals surface area contributed by atoms with Crippen molar-refractivity contribution < 1.29 is 18.9 Å².